The molecule has 0 aliphatic carbocycles. The zero-order valence-electron chi connectivity index (χ0n) is 16.5. The molecule has 0 fully saturated rings. The molecule has 2 amide bonds. The minimum Gasteiger partial charge on any atom is -0.351 e. The number of rotatable bonds is 8. The average Bonchev–Trinajstić information content (AvgIpc) is 3.40. The molecule has 2 heterocycles. The molecule has 0 atom stereocenters. The van der Waals surface area contributed by atoms with Gasteiger partial charge in [0.25, 0.3) is 11.8 Å². The Bertz CT molecular complexity index is 992. The van der Waals surface area contributed by atoms with Crippen LogP contribution in [0.15, 0.2) is 60.1 Å². The maximum absolute atomic E-state index is 12.7. The number of thiophene rings is 1. The van der Waals surface area contributed by atoms with Crippen molar-refractivity contribution in [3.8, 4) is 0 Å². The summed E-state index contributed by atoms with van der Waals surface area (Å²) in [5, 5.41) is 7.59. The lowest BCUT2D eigenvalue weighted by atomic mass is 10.1. The van der Waals surface area contributed by atoms with Gasteiger partial charge in [0.1, 0.15) is 5.70 Å². The first-order valence-corrected chi connectivity index (χ1v) is 10.3. The first-order valence-electron chi connectivity index (χ1n) is 9.40. The van der Waals surface area contributed by atoms with Crippen molar-refractivity contribution in [2.24, 2.45) is 0 Å². The third-order valence-corrected chi connectivity index (χ3v) is 5.35. The van der Waals surface area contributed by atoms with Crippen LogP contribution < -0.4 is 10.6 Å². The second kappa shape index (κ2) is 9.84. The zero-order valence-corrected chi connectivity index (χ0v) is 17.3. The van der Waals surface area contributed by atoms with Crippen LogP contribution in [0, 0.1) is 13.8 Å². The van der Waals surface area contributed by atoms with Crippen molar-refractivity contribution >= 4 is 29.2 Å². The summed E-state index contributed by atoms with van der Waals surface area (Å²) in [5.41, 5.74) is 2.91. The Morgan fingerprint density at radius 2 is 2.07 bits per heavy atom. The van der Waals surface area contributed by atoms with Gasteiger partial charge >= 0.3 is 0 Å². The predicted molar refractivity (Wildman–Crippen MR) is 116 cm³/mol. The van der Waals surface area contributed by atoms with E-state index in [0.29, 0.717) is 12.1 Å². The fourth-order valence-electron chi connectivity index (χ4n) is 2.73. The molecule has 0 radical (unpaired) electrons. The van der Waals surface area contributed by atoms with Crippen LogP contribution in [0.2, 0.25) is 0 Å². The molecule has 0 aliphatic rings. The highest BCUT2D eigenvalue weighted by Crippen LogP contribution is 2.14. The number of amides is 2. The molecule has 2 aromatic heterocycles. The summed E-state index contributed by atoms with van der Waals surface area (Å²) in [4.78, 5) is 30.3. The minimum absolute atomic E-state index is 0.235. The van der Waals surface area contributed by atoms with Gasteiger partial charge in [-0.3, -0.25) is 9.59 Å². The molecule has 7 heteroatoms. The van der Waals surface area contributed by atoms with E-state index in [1.54, 1.807) is 24.7 Å². The van der Waals surface area contributed by atoms with Crippen LogP contribution in [0.4, 0.5) is 0 Å². The largest absolute Gasteiger partial charge is 0.351 e. The van der Waals surface area contributed by atoms with E-state index in [9.17, 15) is 9.59 Å². The van der Waals surface area contributed by atoms with E-state index in [4.69, 9.17) is 0 Å². The molecule has 3 aromatic rings. The second-order valence-corrected chi connectivity index (χ2v) is 7.72. The van der Waals surface area contributed by atoms with Crippen LogP contribution in [0.25, 0.3) is 6.08 Å². The standard InChI is InChI=1S/C22H24N4O2S/c1-16-6-7-18(13-17(16)2)21(27)25-20(14-19-5-3-12-29-19)22(28)24-8-4-10-26-11-9-23-15-26/h3,5-7,9,11-15H,4,8,10H2,1-2H3,(H,24,28)(H,25,27). The van der Waals surface area contributed by atoms with Crippen molar-refractivity contribution < 1.29 is 9.59 Å². The molecule has 29 heavy (non-hydrogen) atoms. The molecule has 0 spiro atoms. The summed E-state index contributed by atoms with van der Waals surface area (Å²) >= 11 is 1.50. The molecular weight excluding hydrogens is 384 g/mol. The van der Waals surface area contributed by atoms with Gasteiger partial charge in [0, 0.05) is 35.9 Å². The molecule has 0 bridgehead atoms. The van der Waals surface area contributed by atoms with Gasteiger partial charge in [-0.25, -0.2) is 4.98 Å². The summed E-state index contributed by atoms with van der Waals surface area (Å²) in [5.74, 6) is -0.606. The lowest BCUT2D eigenvalue weighted by Gasteiger charge is -2.12. The summed E-state index contributed by atoms with van der Waals surface area (Å²) in [7, 11) is 0. The van der Waals surface area contributed by atoms with Gasteiger partial charge in [-0.2, -0.15) is 0 Å². The van der Waals surface area contributed by atoms with Gasteiger partial charge < -0.3 is 15.2 Å². The Labute approximate surface area is 174 Å². The van der Waals surface area contributed by atoms with E-state index in [0.717, 1.165) is 29.0 Å². The van der Waals surface area contributed by atoms with E-state index in [2.05, 4.69) is 15.6 Å². The lowest BCUT2D eigenvalue weighted by Crippen LogP contribution is -2.35. The summed E-state index contributed by atoms with van der Waals surface area (Å²) in [6.45, 7) is 5.22. The molecule has 1 aromatic carbocycles. The number of imidazole rings is 1. The molecule has 0 saturated carbocycles. The smallest absolute Gasteiger partial charge is 0.267 e. The van der Waals surface area contributed by atoms with Gasteiger partial charge in [-0.05, 0) is 61.1 Å². The Hall–Kier alpha value is -3.19. The van der Waals surface area contributed by atoms with E-state index in [-0.39, 0.29) is 17.5 Å². The van der Waals surface area contributed by atoms with Crippen LogP contribution in [-0.4, -0.2) is 27.9 Å². The zero-order chi connectivity index (χ0) is 20.6. The van der Waals surface area contributed by atoms with Crippen molar-refractivity contribution in [1.82, 2.24) is 20.2 Å². The van der Waals surface area contributed by atoms with Crippen molar-refractivity contribution in [2.75, 3.05) is 6.54 Å². The number of hydrogen-bond acceptors (Lipinski definition) is 4. The Balaban J connectivity index is 1.66. The number of nitrogens with zero attached hydrogens (tertiary/aromatic N) is 2. The number of carbonyl (C=O) groups excluding carboxylic acids is 2. The summed E-state index contributed by atoms with van der Waals surface area (Å²) in [6.07, 6.45) is 7.82. The number of aromatic nitrogens is 2. The highest BCUT2D eigenvalue weighted by Gasteiger charge is 2.15. The molecule has 0 saturated heterocycles. The minimum atomic E-state index is -0.304. The molecule has 150 valence electrons. The molecular formula is C22H24N4O2S. The highest BCUT2D eigenvalue weighted by atomic mass is 32.1. The Morgan fingerprint density at radius 1 is 1.21 bits per heavy atom. The molecule has 2 N–H and O–H groups in total. The SMILES string of the molecule is Cc1ccc(C(=O)NC(=Cc2cccs2)C(=O)NCCCn2ccnc2)cc1C. The maximum atomic E-state index is 12.7. The van der Waals surface area contributed by atoms with Crippen LogP contribution in [0.3, 0.4) is 0 Å². The number of hydrogen-bond donors (Lipinski definition) is 2. The summed E-state index contributed by atoms with van der Waals surface area (Å²) in [6, 6.07) is 9.31. The number of carbonyl (C=O) groups is 2. The fraction of sp³-hybridized carbons (Fsp3) is 0.227. The highest BCUT2D eigenvalue weighted by molar-refractivity contribution is 7.10. The third-order valence-electron chi connectivity index (χ3n) is 4.53. The normalized spacial score (nSPS) is 11.3. The van der Waals surface area contributed by atoms with Crippen molar-refractivity contribution in [3.63, 3.8) is 0 Å². The summed E-state index contributed by atoms with van der Waals surface area (Å²) < 4.78 is 1.95. The first-order chi connectivity index (χ1) is 14.0. The lowest BCUT2D eigenvalue weighted by molar-refractivity contribution is -0.117. The van der Waals surface area contributed by atoms with E-state index in [1.165, 1.54) is 11.3 Å². The maximum Gasteiger partial charge on any atom is 0.267 e. The predicted octanol–water partition coefficient (Wildman–Crippen LogP) is 3.54. The Morgan fingerprint density at radius 3 is 2.76 bits per heavy atom. The van der Waals surface area contributed by atoms with E-state index < -0.39 is 0 Å². The van der Waals surface area contributed by atoms with Gasteiger partial charge in [-0.15, -0.1) is 11.3 Å². The van der Waals surface area contributed by atoms with Crippen LogP contribution >= 0.6 is 11.3 Å². The number of benzene rings is 1. The molecule has 0 aliphatic heterocycles. The number of nitrogens with one attached hydrogen (secondary N) is 2. The van der Waals surface area contributed by atoms with Crippen molar-refractivity contribution in [3.05, 3.63) is 81.7 Å². The van der Waals surface area contributed by atoms with Crippen LogP contribution in [0.5, 0.6) is 0 Å². The van der Waals surface area contributed by atoms with Gasteiger partial charge in [-0.1, -0.05) is 12.1 Å². The average molecular weight is 409 g/mol. The monoisotopic (exact) mass is 408 g/mol. The second-order valence-electron chi connectivity index (χ2n) is 6.74. The van der Waals surface area contributed by atoms with Gasteiger partial charge in [0.05, 0.1) is 6.33 Å². The molecule has 6 nitrogen and oxygen atoms in total. The van der Waals surface area contributed by atoms with Gasteiger partial charge in [0.2, 0.25) is 0 Å². The fourth-order valence-corrected chi connectivity index (χ4v) is 3.39. The van der Waals surface area contributed by atoms with Crippen molar-refractivity contribution in [2.45, 2.75) is 26.8 Å². The topological polar surface area (TPSA) is 76.0 Å². The van der Waals surface area contributed by atoms with E-state index in [1.807, 2.05) is 54.3 Å². The Kier molecular flexibility index (Phi) is 6.97. The molecule has 0 unspecified atom stereocenters. The quantitative estimate of drug-likeness (QED) is 0.442. The number of aryl methyl sites for hydroxylation is 3. The molecule has 3 rings (SSSR count). The first kappa shape index (κ1) is 20.5. The third kappa shape index (κ3) is 5.89. The van der Waals surface area contributed by atoms with Gasteiger partial charge in [0.15, 0.2) is 0 Å². The van der Waals surface area contributed by atoms with Crippen LogP contribution in [-0.2, 0) is 11.3 Å². The van der Waals surface area contributed by atoms with Crippen LogP contribution in [0.1, 0.15) is 32.8 Å². The van der Waals surface area contributed by atoms with Crippen molar-refractivity contribution in [1.29, 1.82) is 0 Å². The van der Waals surface area contributed by atoms with E-state index >= 15 is 0 Å².